The zero-order chi connectivity index (χ0) is 10.8. The third kappa shape index (κ3) is 6.82. The number of carbonyl (C=O) groups is 1. The van der Waals surface area contributed by atoms with Crippen molar-refractivity contribution in [2.45, 2.75) is 6.92 Å². The van der Waals surface area contributed by atoms with E-state index in [-0.39, 0.29) is 12.5 Å². The van der Waals surface area contributed by atoms with Crippen molar-refractivity contribution < 1.29 is 14.3 Å². The van der Waals surface area contributed by atoms with E-state index in [2.05, 4.69) is 0 Å². The molecule has 2 N–H and O–H groups in total. The molecule has 0 fully saturated rings. The van der Waals surface area contributed by atoms with Crippen molar-refractivity contribution in [2.24, 2.45) is 5.73 Å². The molecular weight excluding hydrogens is 184 g/mol. The SMILES string of the molecule is CCOCCN(C)C(=O)COCCN. The van der Waals surface area contributed by atoms with Gasteiger partial charge in [0.15, 0.2) is 0 Å². The molecule has 0 unspecified atom stereocenters. The molecule has 14 heavy (non-hydrogen) atoms. The van der Waals surface area contributed by atoms with E-state index < -0.39 is 0 Å². The zero-order valence-electron chi connectivity index (χ0n) is 8.99. The van der Waals surface area contributed by atoms with E-state index in [1.165, 1.54) is 0 Å². The van der Waals surface area contributed by atoms with Crippen molar-refractivity contribution in [3.05, 3.63) is 0 Å². The average molecular weight is 204 g/mol. The van der Waals surface area contributed by atoms with Crippen LogP contribution in [0.4, 0.5) is 0 Å². The Morgan fingerprint density at radius 1 is 1.36 bits per heavy atom. The lowest BCUT2D eigenvalue weighted by molar-refractivity contribution is -0.135. The van der Waals surface area contributed by atoms with Gasteiger partial charge in [-0.2, -0.15) is 0 Å². The van der Waals surface area contributed by atoms with Gasteiger partial charge >= 0.3 is 0 Å². The number of carbonyl (C=O) groups excluding carboxylic acids is 1. The maximum absolute atomic E-state index is 11.3. The van der Waals surface area contributed by atoms with Gasteiger partial charge in [-0.1, -0.05) is 0 Å². The number of likely N-dealkylation sites (N-methyl/N-ethyl adjacent to an activating group) is 1. The second-order valence-electron chi connectivity index (χ2n) is 2.85. The summed E-state index contributed by atoms with van der Waals surface area (Å²) >= 11 is 0. The largest absolute Gasteiger partial charge is 0.380 e. The summed E-state index contributed by atoms with van der Waals surface area (Å²) in [6.45, 7) is 4.72. The standard InChI is InChI=1S/C9H20N2O3/c1-3-13-7-5-11(2)9(12)8-14-6-4-10/h3-8,10H2,1-2H3. The molecule has 0 saturated carbocycles. The van der Waals surface area contributed by atoms with Crippen LogP contribution in [0.2, 0.25) is 0 Å². The van der Waals surface area contributed by atoms with E-state index in [9.17, 15) is 4.79 Å². The molecular formula is C9H20N2O3. The van der Waals surface area contributed by atoms with Crippen LogP contribution in [-0.2, 0) is 14.3 Å². The highest BCUT2D eigenvalue weighted by Gasteiger charge is 2.07. The van der Waals surface area contributed by atoms with Gasteiger partial charge in [-0.15, -0.1) is 0 Å². The third-order valence-corrected chi connectivity index (χ3v) is 1.69. The molecule has 1 amide bonds. The lowest BCUT2D eigenvalue weighted by Crippen LogP contribution is -2.33. The summed E-state index contributed by atoms with van der Waals surface area (Å²) < 4.78 is 10.1. The molecule has 0 radical (unpaired) electrons. The number of hydrogen-bond acceptors (Lipinski definition) is 4. The molecule has 0 aliphatic rings. The fourth-order valence-electron chi connectivity index (χ4n) is 0.824. The molecule has 0 aliphatic carbocycles. The minimum absolute atomic E-state index is 0.0434. The van der Waals surface area contributed by atoms with Crippen molar-refractivity contribution in [1.82, 2.24) is 4.90 Å². The summed E-state index contributed by atoms with van der Waals surface area (Å²) in [7, 11) is 1.73. The number of rotatable bonds is 8. The van der Waals surface area contributed by atoms with Gasteiger partial charge in [-0.05, 0) is 6.92 Å². The van der Waals surface area contributed by atoms with Crippen LogP contribution >= 0.6 is 0 Å². The van der Waals surface area contributed by atoms with E-state index in [1.807, 2.05) is 6.92 Å². The molecule has 84 valence electrons. The molecule has 0 spiro atoms. The van der Waals surface area contributed by atoms with E-state index in [0.717, 1.165) is 0 Å². The van der Waals surface area contributed by atoms with Crippen LogP contribution in [0, 0.1) is 0 Å². The van der Waals surface area contributed by atoms with Gasteiger partial charge in [0.2, 0.25) is 5.91 Å². The molecule has 0 heterocycles. The second kappa shape index (κ2) is 8.93. The zero-order valence-corrected chi connectivity index (χ0v) is 8.99. The average Bonchev–Trinajstić information content (AvgIpc) is 2.18. The lowest BCUT2D eigenvalue weighted by Gasteiger charge is -2.16. The Morgan fingerprint density at radius 3 is 2.64 bits per heavy atom. The number of nitrogens with zero attached hydrogens (tertiary/aromatic N) is 1. The highest BCUT2D eigenvalue weighted by atomic mass is 16.5. The van der Waals surface area contributed by atoms with E-state index >= 15 is 0 Å². The number of amides is 1. The Kier molecular flexibility index (Phi) is 8.51. The molecule has 0 bridgehead atoms. The number of hydrogen-bond donors (Lipinski definition) is 1. The normalized spacial score (nSPS) is 10.2. The highest BCUT2D eigenvalue weighted by molar-refractivity contribution is 5.77. The lowest BCUT2D eigenvalue weighted by atomic mass is 10.5. The molecule has 0 aromatic carbocycles. The Balaban J connectivity index is 3.44. The van der Waals surface area contributed by atoms with Crippen LogP contribution in [0.1, 0.15) is 6.92 Å². The summed E-state index contributed by atoms with van der Waals surface area (Å²) in [6.07, 6.45) is 0. The first-order valence-corrected chi connectivity index (χ1v) is 4.81. The molecule has 0 rings (SSSR count). The van der Waals surface area contributed by atoms with E-state index in [0.29, 0.717) is 32.9 Å². The molecule has 0 aromatic rings. The minimum atomic E-state index is -0.0434. The first-order chi connectivity index (χ1) is 6.72. The highest BCUT2D eigenvalue weighted by Crippen LogP contribution is 1.87. The Morgan fingerprint density at radius 2 is 2.07 bits per heavy atom. The summed E-state index contributed by atoms with van der Waals surface area (Å²) in [5.74, 6) is -0.0434. The van der Waals surface area contributed by atoms with E-state index in [1.54, 1.807) is 11.9 Å². The van der Waals surface area contributed by atoms with Crippen LogP contribution in [0.3, 0.4) is 0 Å². The monoisotopic (exact) mass is 204 g/mol. The quantitative estimate of drug-likeness (QED) is 0.539. The van der Waals surface area contributed by atoms with Gasteiger partial charge < -0.3 is 20.1 Å². The Bertz CT molecular complexity index is 153. The second-order valence-corrected chi connectivity index (χ2v) is 2.85. The van der Waals surface area contributed by atoms with Gasteiger partial charge in [0.1, 0.15) is 6.61 Å². The van der Waals surface area contributed by atoms with Crippen molar-refractivity contribution in [3.8, 4) is 0 Å². The van der Waals surface area contributed by atoms with Crippen molar-refractivity contribution in [1.29, 1.82) is 0 Å². The van der Waals surface area contributed by atoms with Crippen LogP contribution in [0.25, 0.3) is 0 Å². The molecule has 5 nitrogen and oxygen atoms in total. The predicted molar refractivity (Wildman–Crippen MR) is 54.0 cm³/mol. The first kappa shape index (κ1) is 13.4. The number of ether oxygens (including phenoxy) is 2. The fraction of sp³-hybridized carbons (Fsp3) is 0.889. The van der Waals surface area contributed by atoms with Crippen LogP contribution in [0.5, 0.6) is 0 Å². The summed E-state index contributed by atoms with van der Waals surface area (Å²) in [4.78, 5) is 12.9. The third-order valence-electron chi connectivity index (χ3n) is 1.69. The smallest absolute Gasteiger partial charge is 0.248 e. The molecule has 0 aromatic heterocycles. The first-order valence-electron chi connectivity index (χ1n) is 4.81. The number of nitrogens with two attached hydrogens (primary N) is 1. The molecule has 0 aliphatic heterocycles. The van der Waals surface area contributed by atoms with Crippen molar-refractivity contribution in [2.75, 3.05) is 46.6 Å². The Labute approximate surface area is 85.1 Å². The summed E-state index contributed by atoms with van der Waals surface area (Å²) in [6, 6.07) is 0. The van der Waals surface area contributed by atoms with Crippen molar-refractivity contribution >= 4 is 5.91 Å². The van der Waals surface area contributed by atoms with Crippen LogP contribution in [0.15, 0.2) is 0 Å². The molecule has 5 heteroatoms. The van der Waals surface area contributed by atoms with Gasteiger partial charge in [0.25, 0.3) is 0 Å². The summed E-state index contributed by atoms with van der Waals surface area (Å²) in [5.41, 5.74) is 5.22. The van der Waals surface area contributed by atoms with Crippen LogP contribution in [-0.4, -0.2) is 57.4 Å². The maximum atomic E-state index is 11.3. The topological polar surface area (TPSA) is 64.8 Å². The van der Waals surface area contributed by atoms with Crippen molar-refractivity contribution in [3.63, 3.8) is 0 Å². The predicted octanol–water partition coefficient (Wildman–Crippen LogP) is -0.543. The Hall–Kier alpha value is -0.650. The van der Waals surface area contributed by atoms with Gasteiger partial charge in [0, 0.05) is 26.7 Å². The maximum Gasteiger partial charge on any atom is 0.248 e. The summed E-state index contributed by atoms with van der Waals surface area (Å²) in [5, 5.41) is 0. The van der Waals surface area contributed by atoms with Gasteiger partial charge in [-0.25, -0.2) is 0 Å². The fourth-order valence-corrected chi connectivity index (χ4v) is 0.824. The van der Waals surface area contributed by atoms with Gasteiger partial charge in [-0.3, -0.25) is 4.79 Å². The van der Waals surface area contributed by atoms with E-state index in [4.69, 9.17) is 15.2 Å². The van der Waals surface area contributed by atoms with Gasteiger partial charge in [0.05, 0.1) is 13.2 Å². The molecule has 0 saturated heterocycles. The minimum Gasteiger partial charge on any atom is -0.380 e. The molecule has 0 atom stereocenters. The van der Waals surface area contributed by atoms with Crippen LogP contribution < -0.4 is 5.73 Å².